The molecule has 1 aromatic carbocycles. The van der Waals surface area contributed by atoms with Crippen LogP contribution in [0.3, 0.4) is 0 Å². The summed E-state index contributed by atoms with van der Waals surface area (Å²) in [6.45, 7) is 3.96. The molecule has 1 amide bonds. The van der Waals surface area contributed by atoms with E-state index in [1.807, 2.05) is 37.3 Å². The van der Waals surface area contributed by atoms with Gasteiger partial charge in [0.25, 0.3) is 5.91 Å². The Morgan fingerprint density at radius 1 is 1.42 bits per heavy atom. The summed E-state index contributed by atoms with van der Waals surface area (Å²) in [6, 6.07) is 9.38. The van der Waals surface area contributed by atoms with Gasteiger partial charge in [0.05, 0.1) is 0 Å². The van der Waals surface area contributed by atoms with Crippen LogP contribution in [0, 0.1) is 6.92 Å². The monoisotopic (exact) mass is 259 g/mol. The number of amides is 1. The Kier molecular flexibility index (Phi) is 3.97. The molecule has 0 fully saturated rings. The van der Waals surface area contributed by atoms with Crippen LogP contribution in [0.4, 0.5) is 0 Å². The topological polar surface area (TPSA) is 81.2 Å². The van der Waals surface area contributed by atoms with Gasteiger partial charge in [-0.15, -0.1) is 0 Å². The highest BCUT2D eigenvalue weighted by molar-refractivity contribution is 6.00. The lowest BCUT2D eigenvalue weighted by atomic mass is 10.1. The van der Waals surface area contributed by atoms with Crippen LogP contribution < -0.4 is 11.1 Å². The third-order valence-electron chi connectivity index (χ3n) is 2.87. The molecule has 5 heteroatoms. The second-order valence-corrected chi connectivity index (χ2v) is 4.44. The fourth-order valence-corrected chi connectivity index (χ4v) is 1.79. The van der Waals surface area contributed by atoms with Crippen molar-refractivity contribution in [1.82, 2.24) is 10.5 Å². The van der Waals surface area contributed by atoms with E-state index in [0.717, 1.165) is 5.56 Å². The van der Waals surface area contributed by atoms with E-state index in [1.165, 1.54) is 0 Å². The molecule has 1 atom stereocenters. The Bertz CT molecular complexity index is 563. The minimum Gasteiger partial charge on any atom is -0.360 e. The van der Waals surface area contributed by atoms with E-state index >= 15 is 0 Å². The van der Waals surface area contributed by atoms with E-state index in [1.54, 1.807) is 6.92 Å². The van der Waals surface area contributed by atoms with Gasteiger partial charge in [-0.3, -0.25) is 4.79 Å². The predicted molar refractivity (Wildman–Crippen MR) is 72.7 cm³/mol. The molecule has 0 saturated carbocycles. The first-order valence-corrected chi connectivity index (χ1v) is 6.16. The number of hydrogen-bond donors (Lipinski definition) is 2. The maximum atomic E-state index is 12.2. The first-order valence-electron chi connectivity index (χ1n) is 6.16. The Hall–Kier alpha value is -2.14. The van der Waals surface area contributed by atoms with Gasteiger partial charge in [-0.2, -0.15) is 0 Å². The van der Waals surface area contributed by atoms with Crippen LogP contribution in [0.1, 0.15) is 23.0 Å². The number of nitrogens with one attached hydrogen (secondary N) is 1. The third kappa shape index (κ3) is 2.82. The number of rotatable bonds is 4. The lowest BCUT2D eigenvalue weighted by Gasteiger charge is -2.11. The lowest BCUT2D eigenvalue weighted by Crippen LogP contribution is -2.38. The van der Waals surface area contributed by atoms with Crippen molar-refractivity contribution in [3.63, 3.8) is 0 Å². The van der Waals surface area contributed by atoms with Crippen LogP contribution in [0.15, 0.2) is 34.9 Å². The zero-order valence-electron chi connectivity index (χ0n) is 11.0. The van der Waals surface area contributed by atoms with Crippen molar-refractivity contribution in [2.24, 2.45) is 5.73 Å². The van der Waals surface area contributed by atoms with Crippen molar-refractivity contribution in [3.8, 4) is 11.3 Å². The van der Waals surface area contributed by atoms with E-state index in [4.69, 9.17) is 10.3 Å². The summed E-state index contributed by atoms with van der Waals surface area (Å²) in [4.78, 5) is 12.2. The summed E-state index contributed by atoms with van der Waals surface area (Å²) in [7, 11) is 0. The molecule has 0 radical (unpaired) electrons. The summed E-state index contributed by atoms with van der Waals surface area (Å²) >= 11 is 0. The standard InChI is InChI=1S/C14H17N3O2/c1-9(8-15)16-14(18)12-10(2)19-17-13(12)11-6-4-3-5-7-11/h3-7,9H,8,15H2,1-2H3,(H,16,18)/t9-/m0/s1. The molecule has 0 spiro atoms. The minimum atomic E-state index is -0.212. The molecule has 0 saturated heterocycles. The van der Waals surface area contributed by atoms with Crippen LogP contribution in [-0.4, -0.2) is 23.7 Å². The molecular weight excluding hydrogens is 242 g/mol. The zero-order valence-corrected chi connectivity index (χ0v) is 11.0. The van der Waals surface area contributed by atoms with Gasteiger partial charge in [-0.1, -0.05) is 35.5 Å². The van der Waals surface area contributed by atoms with Gasteiger partial charge in [-0.25, -0.2) is 0 Å². The van der Waals surface area contributed by atoms with E-state index in [2.05, 4.69) is 10.5 Å². The maximum absolute atomic E-state index is 12.2. The first kappa shape index (κ1) is 13.3. The number of hydrogen-bond acceptors (Lipinski definition) is 4. The molecule has 5 nitrogen and oxygen atoms in total. The van der Waals surface area contributed by atoms with Crippen molar-refractivity contribution in [1.29, 1.82) is 0 Å². The predicted octanol–water partition coefficient (Wildman–Crippen LogP) is 1.73. The van der Waals surface area contributed by atoms with Crippen LogP contribution >= 0.6 is 0 Å². The van der Waals surface area contributed by atoms with Crippen molar-refractivity contribution >= 4 is 5.91 Å². The molecule has 0 aliphatic carbocycles. The van der Waals surface area contributed by atoms with Gasteiger partial charge in [0.2, 0.25) is 0 Å². The number of aryl methyl sites for hydroxylation is 1. The average Bonchev–Trinajstić information content (AvgIpc) is 2.81. The van der Waals surface area contributed by atoms with Crippen LogP contribution in [0.5, 0.6) is 0 Å². The minimum absolute atomic E-state index is 0.0922. The van der Waals surface area contributed by atoms with Crippen molar-refractivity contribution in [2.75, 3.05) is 6.54 Å². The Balaban J connectivity index is 2.36. The second kappa shape index (κ2) is 5.67. The number of benzene rings is 1. The molecule has 0 unspecified atom stereocenters. The normalized spacial score (nSPS) is 12.2. The molecule has 19 heavy (non-hydrogen) atoms. The molecule has 2 aromatic rings. The number of carbonyl (C=O) groups is 1. The summed E-state index contributed by atoms with van der Waals surface area (Å²) in [5.74, 6) is 0.288. The molecule has 2 rings (SSSR count). The fraction of sp³-hybridized carbons (Fsp3) is 0.286. The molecular formula is C14H17N3O2. The van der Waals surface area contributed by atoms with Gasteiger partial charge >= 0.3 is 0 Å². The van der Waals surface area contributed by atoms with E-state index < -0.39 is 0 Å². The SMILES string of the molecule is Cc1onc(-c2ccccc2)c1C(=O)N[C@@H](C)CN. The Morgan fingerprint density at radius 2 is 2.11 bits per heavy atom. The van der Waals surface area contributed by atoms with Gasteiger partial charge in [0.1, 0.15) is 17.0 Å². The summed E-state index contributed by atoms with van der Waals surface area (Å²) < 4.78 is 5.14. The molecule has 1 aromatic heterocycles. The highest BCUT2D eigenvalue weighted by Crippen LogP contribution is 2.24. The fourth-order valence-electron chi connectivity index (χ4n) is 1.79. The number of carbonyl (C=O) groups excluding carboxylic acids is 1. The van der Waals surface area contributed by atoms with Crippen molar-refractivity contribution < 1.29 is 9.32 Å². The van der Waals surface area contributed by atoms with Crippen LogP contribution in [-0.2, 0) is 0 Å². The average molecular weight is 259 g/mol. The Labute approximate surface area is 111 Å². The molecule has 1 heterocycles. The quantitative estimate of drug-likeness (QED) is 0.876. The summed E-state index contributed by atoms with van der Waals surface area (Å²) in [5, 5.41) is 6.79. The molecule has 0 bridgehead atoms. The smallest absolute Gasteiger partial charge is 0.257 e. The van der Waals surface area contributed by atoms with E-state index in [-0.39, 0.29) is 11.9 Å². The molecule has 0 aliphatic rings. The number of nitrogens with two attached hydrogens (primary N) is 1. The molecule has 0 aliphatic heterocycles. The van der Waals surface area contributed by atoms with Crippen LogP contribution in [0.25, 0.3) is 11.3 Å². The molecule has 3 N–H and O–H groups in total. The van der Waals surface area contributed by atoms with Gasteiger partial charge < -0.3 is 15.6 Å². The van der Waals surface area contributed by atoms with Gasteiger partial charge in [-0.05, 0) is 13.8 Å². The largest absolute Gasteiger partial charge is 0.360 e. The van der Waals surface area contributed by atoms with Crippen molar-refractivity contribution in [2.45, 2.75) is 19.9 Å². The van der Waals surface area contributed by atoms with Gasteiger partial charge in [0.15, 0.2) is 0 Å². The second-order valence-electron chi connectivity index (χ2n) is 4.44. The van der Waals surface area contributed by atoms with E-state index in [9.17, 15) is 4.79 Å². The Morgan fingerprint density at radius 3 is 2.74 bits per heavy atom. The molecule has 100 valence electrons. The zero-order chi connectivity index (χ0) is 13.8. The summed E-state index contributed by atoms with van der Waals surface area (Å²) in [5.41, 5.74) is 7.38. The van der Waals surface area contributed by atoms with E-state index in [0.29, 0.717) is 23.6 Å². The number of nitrogens with zero attached hydrogens (tertiary/aromatic N) is 1. The van der Waals surface area contributed by atoms with Crippen molar-refractivity contribution in [3.05, 3.63) is 41.7 Å². The summed E-state index contributed by atoms with van der Waals surface area (Å²) in [6.07, 6.45) is 0. The maximum Gasteiger partial charge on any atom is 0.257 e. The highest BCUT2D eigenvalue weighted by atomic mass is 16.5. The number of aromatic nitrogens is 1. The lowest BCUT2D eigenvalue weighted by molar-refractivity contribution is 0.0940. The third-order valence-corrected chi connectivity index (χ3v) is 2.87. The van der Waals surface area contributed by atoms with Crippen LogP contribution in [0.2, 0.25) is 0 Å². The van der Waals surface area contributed by atoms with Gasteiger partial charge in [0, 0.05) is 18.2 Å². The first-order chi connectivity index (χ1) is 9.13. The highest BCUT2D eigenvalue weighted by Gasteiger charge is 2.22.